The zero-order valence-electron chi connectivity index (χ0n) is 9.19. The zero-order chi connectivity index (χ0) is 11.5. The van der Waals surface area contributed by atoms with Crippen molar-refractivity contribution in [3.8, 4) is 0 Å². The van der Waals surface area contributed by atoms with Gasteiger partial charge in [-0.15, -0.1) is 0 Å². The number of aliphatic hydroxyl groups excluding tert-OH is 1. The molecule has 2 rings (SSSR count). The van der Waals surface area contributed by atoms with Crippen LogP contribution in [0, 0.1) is 0 Å². The maximum atomic E-state index is 11.2. The van der Waals surface area contributed by atoms with Gasteiger partial charge in [0.05, 0.1) is 6.61 Å². The van der Waals surface area contributed by atoms with E-state index in [0.29, 0.717) is 6.42 Å². The summed E-state index contributed by atoms with van der Waals surface area (Å²) >= 11 is 0. The Balaban J connectivity index is 2.22. The zero-order valence-corrected chi connectivity index (χ0v) is 9.19. The van der Waals surface area contributed by atoms with E-state index in [2.05, 4.69) is 5.32 Å². The predicted molar refractivity (Wildman–Crippen MR) is 60.2 cm³/mol. The van der Waals surface area contributed by atoms with E-state index in [0.717, 1.165) is 23.2 Å². The fourth-order valence-corrected chi connectivity index (χ4v) is 1.86. The number of aliphatic hydroxyl groups is 1. The number of benzene rings is 1. The van der Waals surface area contributed by atoms with Crippen molar-refractivity contribution in [1.82, 2.24) is 0 Å². The summed E-state index contributed by atoms with van der Waals surface area (Å²) in [4.78, 5) is 11.2. The van der Waals surface area contributed by atoms with E-state index in [9.17, 15) is 9.90 Å². The van der Waals surface area contributed by atoms with E-state index >= 15 is 0 Å². The molecule has 0 saturated heterocycles. The molecule has 0 aliphatic carbocycles. The number of fused-ring (bicyclic) bond motifs is 1. The number of hydrogen-bond donors (Lipinski definition) is 2. The average Bonchev–Trinajstić information content (AvgIpc) is 2.28. The molecule has 1 unspecified atom stereocenters. The number of carbonyl (C=O) groups excluding carboxylic acids is 1. The van der Waals surface area contributed by atoms with Crippen LogP contribution in [0.15, 0.2) is 18.2 Å². The Kier molecular flexibility index (Phi) is 3.22. The quantitative estimate of drug-likeness (QED) is 0.807. The number of ether oxygens (including phenoxy) is 1. The van der Waals surface area contributed by atoms with E-state index in [4.69, 9.17) is 4.74 Å². The van der Waals surface area contributed by atoms with Crippen LogP contribution >= 0.6 is 0 Å². The standard InChI is InChI=1S/C12H15NO3/c1-16-7-11(14)9-2-4-10-8(6-9)3-5-12(15)13-10/h2,4,6,11,14H,3,5,7H2,1H3,(H,13,15). The van der Waals surface area contributed by atoms with Crippen molar-refractivity contribution in [2.45, 2.75) is 18.9 Å². The van der Waals surface area contributed by atoms with Crippen molar-refractivity contribution in [1.29, 1.82) is 0 Å². The smallest absolute Gasteiger partial charge is 0.224 e. The summed E-state index contributed by atoms with van der Waals surface area (Å²) in [5, 5.41) is 12.6. The molecule has 4 nitrogen and oxygen atoms in total. The van der Waals surface area contributed by atoms with Gasteiger partial charge < -0.3 is 15.2 Å². The largest absolute Gasteiger partial charge is 0.386 e. The van der Waals surface area contributed by atoms with Gasteiger partial charge in [0, 0.05) is 19.2 Å². The highest BCUT2D eigenvalue weighted by Crippen LogP contribution is 2.26. The van der Waals surface area contributed by atoms with Crippen LogP contribution in [0.2, 0.25) is 0 Å². The average molecular weight is 221 g/mol. The first-order valence-electron chi connectivity index (χ1n) is 5.30. The molecule has 1 aromatic rings. The maximum absolute atomic E-state index is 11.2. The van der Waals surface area contributed by atoms with Crippen molar-refractivity contribution in [2.75, 3.05) is 19.0 Å². The Labute approximate surface area is 94.2 Å². The number of anilines is 1. The van der Waals surface area contributed by atoms with Crippen LogP contribution in [0.1, 0.15) is 23.7 Å². The van der Waals surface area contributed by atoms with Crippen LogP contribution in [-0.2, 0) is 16.0 Å². The summed E-state index contributed by atoms with van der Waals surface area (Å²) < 4.78 is 4.90. The normalized spacial score (nSPS) is 16.5. The third-order valence-corrected chi connectivity index (χ3v) is 2.73. The molecule has 2 N–H and O–H groups in total. The van der Waals surface area contributed by atoms with Gasteiger partial charge in [-0.05, 0) is 23.6 Å². The lowest BCUT2D eigenvalue weighted by Gasteiger charge is -2.19. The summed E-state index contributed by atoms with van der Waals surface area (Å²) in [7, 11) is 1.56. The van der Waals surface area contributed by atoms with Gasteiger partial charge in [0.15, 0.2) is 0 Å². The first kappa shape index (κ1) is 11.1. The highest BCUT2D eigenvalue weighted by Gasteiger charge is 2.16. The molecule has 0 fully saturated rings. The summed E-state index contributed by atoms with van der Waals surface area (Å²) in [5.41, 5.74) is 2.76. The van der Waals surface area contributed by atoms with Gasteiger partial charge in [0.2, 0.25) is 5.91 Å². The van der Waals surface area contributed by atoms with Crippen molar-refractivity contribution < 1.29 is 14.6 Å². The fourth-order valence-electron chi connectivity index (χ4n) is 1.86. The lowest BCUT2D eigenvalue weighted by Crippen LogP contribution is -2.19. The molecule has 1 atom stereocenters. The summed E-state index contributed by atoms with van der Waals surface area (Å²) in [6.45, 7) is 0.283. The molecule has 4 heteroatoms. The highest BCUT2D eigenvalue weighted by atomic mass is 16.5. The van der Waals surface area contributed by atoms with E-state index in [1.54, 1.807) is 7.11 Å². The molecular formula is C12H15NO3. The molecule has 16 heavy (non-hydrogen) atoms. The Hall–Kier alpha value is -1.39. The fraction of sp³-hybridized carbons (Fsp3) is 0.417. The number of methoxy groups -OCH3 is 1. The molecule has 1 amide bonds. The Morgan fingerprint density at radius 2 is 2.31 bits per heavy atom. The number of carbonyl (C=O) groups is 1. The molecule has 0 aromatic heterocycles. The second-order valence-corrected chi connectivity index (χ2v) is 3.94. The molecule has 0 spiro atoms. The van der Waals surface area contributed by atoms with E-state index in [1.165, 1.54) is 0 Å². The third kappa shape index (κ3) is 2.23. The van der Waals surface area contributed by atoms with Crippen LogP contribution in [0.4, 0.5) is 5.69 Å². The number of amides is 1. The first-order chi connectivity index (χ1) is 7.70. The molecule has 1 aromatic carbocycles. The Morgan fingerprint density at radius 1 is 1.50 bits per heavy atom. The van der Waals surface area contributed by atoms with Gasteiger partial charge in [0.1, 0.15) is 6.10 Å². The number of nitrogens with one attached hydrogen (secondary N) is 1. The topological polar surface area (TPSA) is 58.6 Å². The number of hydrogen-bond acceptors (Lipinski definition) is 3. The monoisotopic (exact) mass is 221 g/mol. The van der Waals surface area contributed by atoms with Crippen molar-refractivity contribution in [3.05, 3.63) is 29.3 Å². The van der Waals surface area contributed by atoms with E-state index < -0.39 is 6.10 Å². The molecule has 0 saturated carbocycles. The van der Waals surface area contributed by atoms with Gasteiger partial charge >= 0.3 is 0 Å². The minimum absolute atomic E-state index is 0.0534. The molecule has 1 heterocycles. The second-order valence-electron chi connectivity index (χ2n) is 3.94. The van der Waals surface area contributed by atoms with Crippen molar-refractivity contribution in [3.63, 3.8) is 0 Å². The van der Waals surface area contributed by atoms with E-state index in [1.807, 2.05) is 18.2 Å². The van der Waals surface area contributed by atoms with Crippen LogP contribution in [0.25, 0.3) is 0 Å². The summed E-state index contributed by atoms with van der Waals surface area (Å²) in [5.74, 6) is 0.0534. The van der Waals surface area contributed by atoms with Crippen LogP contribution in [0.3, 0.4) is 0 Å². The predicted octanol–water partition coefficient (Wildman–Crippen LogP) is 1.25. The van der Waals surface area contributed by atoms with Crippen molar-refractivity contribution in [2.24, 2.45) is 0 Å². The minimum atomic E-state index is -0.604. The maximum Gasteiger partial charge on any atom is 0.224 e. The number of rotatable bonds is 3. The molecular weight excluding hydrogens is 206 g/mol. The van der Waals surface area contributed by atoms with Crippen LogP contribution in [0.5, 0.6) is 0 Å². The Bertz CT molecular complexity index is 403. The highest BCUT2D eigenvalue weighted by molar-refractivity contribution is 5.93. The molecule has 86 valence electrons. The molecule has 0 radical (unpaired) electrons. The Morgan fingerprint density at radius 3 is 3.06 bits per heavy atom. The van der Waals surface area contributed by atoms with Gasteiger partial charge in [-0.2, -0.15) is 0 Å². The second kappa shape index (κ2) is 4.63. The summed E-state index contributed by atoms with van der Waals surface area (Å²) in [6, 6.07) is 5.58. The van der Waals surface area contributed by atoms with Crippen LogP contribution < -0.4 is 5.32 Å². The lowest BCUT2D eigenvalue weighted by molar-refractivity contribution is -0.116. The van der Waals surface area contributed by atoms with Gasteiger partial charge in [-0.1, -0.05) is 12.1 Å². The third-order valence-electron chi connectivity index (χ3n) is 2.73. The van der Waals surface area contributed by atoms with Gasteiger partial charge in [-0.3, -0.25) is 4.79 Å². The molecule has 1 aliphatic rings. The van der Waals surface area contributed by atoms with Crippen molar-refractivity contribution >= 4 is 11.6 Å². The molecule has 1 aliphatic heterocycles. The van der Waals surface area contributed by atoms with E-state index in [-0.39, 0.29) is 12.5 Å². The first-order valence-corrected chi connectivity index (χ1v) is 5.30. The molecule has 0 bridgehead atoms. The van der Waals surface area contributed by atoms with Crippen LogP contribution in [-0.4, -0.2) is 24.7 Å². The number of aryl methyl sites for hydroxylation is 1. The lowest BCUT2D eigenvalue weighted by atomic mass is 9.98. The minimum Gasteiger partial charge on any atom is -0.386 e. The van der Waals surface area contributed by atoms with Gasteiger partial charge in [0.25, 0.3) is 0 Å². The van der Waals surface area contributed by atoms with Gasteiger partial charge in [-0.25, -0.2) is 0 Å². The summed E-state index contributed by atoms with van der Waals surface area (Å²) in [6.07, 6.45) is 0.638. The SMILES string of the molecule is COCC(O)c1ccc2c(c1)CCC(=O)N2.